The SMILES string of the molecule is N#Cc1c(N)sc(/C=C/C(=O)O)c1Cl. The molecule has 0 aliphatic heterocycles. The molecule has 0 spiro atoms. The molecule has 1 aromatic heterocycles. The van der Waals surface area contributed by atoms with Crippen LogP contribution in [0.5, 0.6) is 0 Å². The van der Waals surface area contributed by atoms with Gasteiger partial charge < -0.3 is 10.8 Å². The van der Waals surface area contributed by atoms with E-state index in [1.165, 1.54) is 6.08 Å². The summed E-state index contributed by atoms with van der Waals surface area (Å²) in [6, 6.07) is 1.84. The van der Waals surface area contributed by atoms with Crippen molar-refractivity contribution in [3.05, 3.63) is 21.5 Å². The Bertz CT molecular complexity index is 445. The Labute approximate surface area is 88.8 Å². The van der Waals surface area contributed by atoms with Crippen molar-refractivity contribution in [3.8, 4) is 6.07 Å². The molecule has 0 radical (unpaired) electrons. The normalized spacial score (nSPS) is 10.3. The highest BCUT2D eigenvalue weighted by molar-refractivity contribution is 7.17. The summed E-state index contributed by atoms with van der Waals surface area (Å²) in [5.74, 6) is -1.08. The molecule has 0 bridgehead atoms. The van der Waals surface area contributed by atoms with Crippen LogP contribution in [0.2, 0.25) is 5.02 Å². The summed E-state index contributed by atoms with van der Waals surface area (Å²) in [5.41, 5.74) is 5.69. The Hall–Kier alpha value is -1.51. The van der Waals surface area contributed by atoms with Crippen LogP contribution in [0.3, 0.4) is 0 Å². The fourth-order valence-electron chi connectivity index (χ4n) is 0.804. The van der Waals surface area contributed by atoms with Gasteiger partial charge in [0.05, 0.1) is 5.02 Å². The fourth-order valence-corrected chi connectivity index (χ4v) is 2.00. The lowest BCUT2D eigenvalue weighted by Gasteiger charge is -1.85. The van der Waals surface area contributed by atoms with Crippen LogP contribution in [-0.2, 0) is 4.79 Å². The van der Waals surface area contributed by atoms with E-state index in [9.17, 15) is 4.79 Å². The molecule has 4 nitrogen and oxygen atoms in total. The molecule has 72 valence electrons. The zero-order chi connectivity index (χ0) is 10.7. The van der Waals surface area contributed by atoms with Gasteiger partial charge >= 0.3 is 5.97 Å². The van der Waals surface area contributed by atoms with E-state index in [0.29, 0.717) is 9.88 Å². The van der Waals surface area contributed by atoms with Crippen molar-refractivity contribution in [2.75, 3.05) is 5.73 Å². The summed E-state index contributed by atoms with van der Waals surface area (Å²) in [6.07, 6.45) is 2.25. The zero-order valence-corrected chi connectivity index (χ0v) is 8.39. The first-order chi connectivity index (χ1) is 6.56. The third kappa shape index (κ3) is 2.05. The van der Waals surface area contributed by atoms with Crippen LogP contribution in [0.25, 0.3) is 6.08 Å². The Balaban J connectivity index is 3.13. The predicted octanol–water partition coefficient (Wildman–Crippen LogP) is 1.95. The molecule has 0 aliphatic rings. The van der Waals surface area contributed by atoms with E-state index < -0.39 is 5.97 Å². The third-order valence-electron chi connectivity index (χ3n) is 1.39. The largest absolute Gasteiger partial charge is 0.478 e. The second-order valence-corrected chi connectivity index (χ2v) is 3.76. The maximum atomic E-state index is 10.2. The maximum Gasteiger partial charge on any atom is 0.328 e. The van der Waals surface area contributed by atoms with Gasteiger partial charge in [0.1, 0.15) is 16.6 Å². The highest BCUT2D eigenvalue weighted by atomic mass is 35.5. The summed E-state index contributed by atoms with van der Waals surface area (Å²) in [6.45, 7) is 0. The highest BCUT2D eigenvalue weighted by Gasteiger charge is 2.12. The number of thiophene rings is 1. The molecule has 0 saturated heterocycles. The van der Waals surface area contributed by atoms with Gasteiger partial charge in [0.25, 0.3) is 0 Å². The van der Waals surface area contributed by atoms with E-state index in [1.54, 1.807) is 0 Å². The van der Waals surface area contributed by atoms with Gasteiger partial charge in [-0.05, 0) is 6.08 Å². The first-order valence-corrected chi connectivity index (χ1v) is 4.64. The Kier molecular flexibility index (Phi) is 3.12. The minimum atomic E-state index is -1.08. The quantitative estimate of drug-likeness (QED) is 0.758. The Morgan fingerprint density at radius 1 is 1.71 bits per heavy atom. The molecule has 0 unspecified atom stereocenters. The number of carbonyl (C=O) groups is 1. The molecule has 1 heterocycles. The monoisotopic (exact) mass is 228 g/mol. The summed E-state index contributed by atoms with van der Waals surface area (Å²) in [4.78, 5) is 10.7. The molecule has 0 amide bonds. The molecule has 0 aliphatic carbocycles. The van der Waals surface area contributed by atoms with Crippen LogP contribution >= 0.6 is 22.9 Å². The number of nitrogen functional groups attached to an aromatic ring is 1. The van der Waals surface area contributed by atoms with E-state index >= 15 is 0 Å². The summed E-state index contributed by atoms with van der Waals surface area (Å²) >= 11 is 6.86. The van der Waals surface area contributed by atoms with Crippen LogP contribution in [0.15, 0.2) is 6.08 Å². The zero-order valence-electron chi connectivity index (χ0n) is 6.82. The van der Waals surface area contributed by atoms with Gasteiger partial charge in [-0.25, -0.2) is 4.79 Å². The summed E-state index contributed by atoms with van der Waals surface area (Å²) in [7, 11) is 0. The molecule has 3 N–H and O–H groups in total. The van der Waals surface area contributed by atoms with Crippen molar-refractivity contribution in [1.82, 2.24) is 0 Å². The van der Waals surface area contributed by atoms with Gasteiger partial charge in [-0.15, -0.1) is 11.3 Å². The van der Waals surface area contributed by atoms with Gasteiger partial charge in [-0.3, -0.25) is 0 Å². The number of halogens is 1. The number of carboxylic acids is 1. The first kappa shape index (κ1) is 10.6. The van der Waals surface area contributed by atoms with Gasteiger partial charge in [-0.2, -0.15) is 5.26 Å². The van der Waals surface area contributed by atoms with Gasteiger partial charge in [0.15, 0.2) is 0 Å². The average Bonchev–Trinajstić information content (AvgIpc) is 2.38. The molecule has 6 heteroatoms. The lowest BCUT2D eigenvalue weighted by atomic mass is 10.3. The Morgan fingerprint density at radius 3 is 2.79 bits per heavy atom. The van der Waals surface area contributed by atoms with Gasteiger partial charge in [-0.1, -0.05) is 11.6 Å². The van der Waals surface area contributed by atoms with E-state index in [1.807, 2.05) is 6.07 Å². The van der Waals surface area contributed by atoms with E-state index in [4.69, 9.17) is 27.7 Å². The van der Waals surface area contributed by atoms with Crippen molar-refractivity contribution in [1.29, 1.82) is 5.26 Å². The molecule has 0 atom stereocenters. The minimum absolute atomic E-state index is 0.196. The van der Waals surface area contributed by atoms with E-state index in [0.717, 1.165) is 17.4 Å². The number of hydrogen-bond acceptors (Lipinski definition) is 4. The second kappa shape index (κ2) is 4.13. The van der Waals surface area contributed by atoms with Crippen molar-refractivity contribution in [2.24, 2.45) is 0 Å². The number of hydrogen-bond donors (Lipinski definition) is 2. The molecular weight excluding hydrogens is 224 g/mol. The highest BCUT2D eigenvalue weighted by Crippen LogP contribution is 2.35. The maximum absolute atomic E-state index is 10.2. The molecule has 0 aromatic carbocycles. The number of nitrogens with zero attached hydrogens (tertiary/aromatic N) is 1. The van der Waals surface area contributed by atoms with Crippen LogP contribution in [-0.4, -0.2) is 11.1 Å². The van der Waals surface area contributed by atoms with Gasteiger partial charge in [0.2, 0.25) is 0 Å². The van der Waals surface area contributed by atoms with Crippen molar-refractivity contribution in [3.63, 3.8) is 0 Å². The molecule has 14 heavy (non-hydrogen) atoms. The lowest BCUT2D eigenvalue weighted by Crippen LogP contribution is -1.84. The third-order valence-corrected chi connectivity index (χ3v) is 2.88. The van der Waals surface area contributed by atoms with Crippen molar-refractivity contribution in [2.45, 2.75) is 0 Å². The summed E-state index contributed by atoms with van der Waals surface area (Å²) < 4.78 is 0. The smallest absolute Gasteiger partial charge is 0.328 e. The Morgan fingerprint density at radius 2 is 2.36 bits per heavy atom. The average molecular weight is 229 g/mol. The standard InChI is InChI=1S/C8H5ClN2O2S/c9-7-4(3-10)8(11)14-5(7)1-2-6(12)13/h1-2H,11H2,(H,12,13)/b2-1+. The molecule has 1 aromatic rings. The number of carboxylic acid groups (broad SMARTS) is 1. The number of aliphatic carboxylic acids is 1. The molecule has 0 fully saturated rings. The van der Waals surface area contributed by atoms with Crippen LogP contribution in [0.1, 0.15) is 10.4 Å². The molecule has 1 rings (SSSR count). The number of rotatable bonds is 2. The topological polar surface area (TPSA) is 87.1 Å². The lowest BCUT2D eigenvalue weighted by molar-refractivity contribution is -0.131. The summed E-state index contributed by atoms with van der Waals surface area (Å²) in [5, 5.41) is 17.5. The van der Waals surface area contributed by atoms with Crippen LogP contribution in [0, 0.1) is 11.3 Å². The van der Waals surface area contributed by atoms with E-state index in [-0.39, 0.29) is 10.6 Å². The second-order valence-electron chi connectivity index (χ2n) is 2.30. The number of nitriles is 1. The van der Waals surface area contributed by atoms with Crippen molar-refractivity contribution < 1.29 is 9.90 Å². The predicted molar refractivity (Wildman–Crippen MR) is 55.1 cm³/mol. The number of anilines is 1. The molecular formula is C8H5ClN2O2S. The van der Waals surface area contributed by atoms with Crippen LogP contribution < -0.4 is 5.73 Å². The minimum Gasteiger partial charge on any atom is -0.478 e. The van der Waals surface area contributed by atoms with Crippen LogP contribution in [0.4, 0.5) is 5.00 Å². The number of nitrogens with two attached hydrogens (primary N) is 1. The fraction of sp³-hybridized carbons (Fsp3) is 0. The van der Waals surface area contributed by atoms with Crippen molar-refractivity contribution >= 4 is 40.0 Å². The molecule has 0 saturated carbocycles. The van der Waals surface area contributed by atoms with Gasteiger partial charge in [0, 0.05) is 11.0 Å². The first-order valence-electron chi connectivity index (χ1n) is 3.45. The van der Waals surface area contributed by atoms with E-state index in [2.05, 4.69) is 0 Å².